The fraction of sp³-hybridized carbons (Fsp3) is 0.143. The summed E-state index contributed by atoms with van der Waals surface area (Å²) >= 11 is 0. The second-order valence-electron chi connectivity index (χ2n) is 20.0. The summed E-state index contributed by atoms with van der Waals surface area (Å²) in [6, 6.07) is 58.8. The Kier molecular flexibility index (Phi) is 6.18. The highest BCUT2D eigenvalue weighted by atomic mass is 28.3. The zero-order valence-corrected chi connectivity index (χ0v) is 36.3. The summed E-state index contributed by atoms with van der Waals surface area (Å²) in [4.78, 5) is 2.70. The lowest BCUT2D eigenvalue weighted by atomic mass is 9.45. The van der Waals surface area contributed by atoms with Gasteiger partial charge < -0.3 is 13.8 Å². The average molecular weight is 799 g/mol. The molecule has 3 nitrogen and oxygen atoms in total. The molecule has 5 heteroatoms. The van der Waals surface area contributed by atoms with Crippen molar-refractivity contribution in [2.45, 2.75) is 52.4 Å². The molecule has 0 aliphatic carbocycles. The van der Waals surface area contributed by atoms with Crippen molar-refractivity contribution in [3.05, 3.63) is 163 Å². The first-order valence-electron chi connectivity index (χ1n) is 21.9. The molecule has 0 bridgehead atoms. The Hall–Kier alpha value is -6.56. The van der Waals surface area contributed by atoms with Gasteiger partial charge in [-0.15, -0.1) is 0 Å². The topological polar surface area (TPSA) is 21.3 Å². The van der Waals surface area contributed by atoms with Gasteiger partial charge in [-0.2, -0.15) is 0 Å². The van der Waals surface area contributed by atoms with Crippen LogP contribution < -0.4 is 36.6 Å². The highest BCUT2D eigenvalue weighted by Gasteiger charge is 2.57. The van der Waals surface area contributed by atoms with Crippen LogP contribution in [0.5, 0.6) is 0 Å². The van der Waals surface area contributed by atoms with Gasteiger partial charge in [0.1, 0.15) is 11.2 Å². The number of hydrogen-bond donors (Lipinski definition) is 0. The molecule has 0 saturated heterocycles. The third-order valence-electron chi connectivity index (χ3n) is 14.8. The van der Waals surface area contributed by atoms with Crippen molar-refractivity contribution < 1.29 is 4.42 Å². The number of benzene rings is 8. The number of rotatable bonds is 0. The maximum absolute atomic E-state index is 6.99. The summed E-state index contributed by atoms with van der Waals surface area (Å²) in [5.74, 6) is 0. The van der Waals surface area contributed by atoms with Gasteiger partial charge in [0.05, 0.1) is 11.1 Å². The summed E-state index contributed by atoms with van der Waals surface area (Å²) in [5.41, 5.74) is 19.1. The van der Waals surface area contributed by atoms with E-state index in [-0.39, 0.29) is 17.7 Å². The predicted molar refractivity (Wildman–Crippen MR) is 261 cm³/mol. The van der Waals surface area contributed by atoms with Crippen molar-refractivity contribution in [1.82, 2.24) is 4.48 Å². The van der Waals surface area contributed by atoms with Crippen LogP contribution in [0.1, 0.15) is 52.7 Å². The Bertz CT molecular complexity index is 3600. The Morgan fingerprint density at radius 3 is 1.90 bits per heavy atom. The smallest absolute Gasteiger partial charge is 0.333 e. The quantitative estimate of drug-likeness (QED) is 0.143. The van der Waals surface area contributed by atoms with E-state index in [2.05, 4.69) is 203 Å². The molecule has 0 N–H and O–H groups in total. The van der Waals surface area contributed by atoms with Crippen LogP contribution in [0.2, 0.25) is 0 Å². The first-order valence-corrected chi connectivity index (χ1v) is 23.9. The van der Waals surface area contributed by atoms with E-state index < -0.39 is 8.07 Å². The summed E-state index contributed by atoms with van der Waals surface area (Å²) in [7, 11) is -2.83. The van der Waals surface area contributed by atoms with E-state index in [0.717, 1.165) is 16.6 Å². The number of anilines is 3. The van der Waals surface area contributed by atoms with Gasteiger partial charge >= 0.3 is 6.85 Å². The summed E-state index contributed by atoms with van der Waals surface area (Å²) in [6.45, 7) is 14.0. The molecule has 4 aliphatic rings. The third-order valence-corrected chi connectivity index (χ3v) is 19.8. The second kappa shape index (κ2) is 11.0. The van der Waals surface area contributed by atoms with Crippen LogP contribution in [0, 0.1) is 0 Å². The van der Waals surface area contributed by atoms with E-state index in [1.165, 1.54) is 109 Å². The molecule has 1 spiro atoms. The van der Waals surface area contributed by atoms with Gasteiger partial charge in [-0.05, 0) is 113 Å². The van der Waals surface area contributed by atoms with E-state index in [0.29, 0.717) is 0 Å². The molecule has 0 amide bonds. The van der Waals surface area contributed by atoms with Crippen molar-refractivity contribution in [2.75, 3.05) is 4.90 Å². The molecule has 0 saturated carbocycles. The normalized spacial score (nSPS) is 15.1. The van der Waals surface area contributed by atoms with Crippen LogP contribution in [-0.4, -0.2) is 19.4 Å². The lowest BCUT2D eigenvalue weighted by molar-refractivity contribution is 0.590. The van der Waals surface area contributed by atoms with Gasteiger partial charge in [0.25, 0.3) is 0 Å². The lowest BCUT2D eigenvalue weighted by Crippen LogP contribution is -2.77. The van der Waals surface area contributed by atoms with E-state index in [1.807, 2.05) is 0 Å². The minimum absolute atomic E-state index is 0.0129. The first-order chi connectivity index (χ1) is 29.5. The largest absolute Gasteiger partial charge is 0.456 e. The Balaban J connectivity index is 1.22. The first kappa shape index (κ1) is 34.2. The van der Waals surface area contributed by atoms with Gasteiger partial charge in [-0.3, -0.25) is 0 Å². The van der Waals surface area contributed by atoms with Crippen molar-refractivity contribution in [1.29, 1.82) is 0 Å². The molecule has 0 atom stereocenters. The van der Waals surface area contributed by atoms with Crippen LogP contribution in [0.25, 0.3) is 66.0 Å². The standard InChI is InChI=1S/C56H43BN2OSi/c1-55(2,3)32-26-27-42-37(28-32)39-29-33(56(4,5)6)30-40-38-31-45-50(36-18-7-11-21-44(36)60-45)54-51(38)57(59(42)52(39)40)41-19-15-25-49-53(41)58(54)43-20-10-14-24-48(43)61(49)46-22-12-8-16-34(46)35-17-9-13-23-47(35)61/h7-31H,1-6H3. The minimum atomic E-state index is -2.83. The molecule has 10 aromatic rings. The molecule has 0 fully saturated rings. The van der Waals surface area contributed by atoms with E-state index in [9.17, 15) is 0 Å². The van der Waals surface area contributed by atoms with Crippen molar-refractivity contribution in [3.8, 4) is 22.3 Å². The Morgan fingerprint density at radius 2 is 1.15 bits per heavy atom. The van der Waals surface area contributed by atoms with Gasteiger partial charge in [0, 0.05) is 44.1 Å². The van der Waals surface area contributed by atoms with Gasteiger partial charge in [-0.25, -0.2) is 0 Å². The van der Waals surface area contributed by atoms with Crippen LogP contribution >= 0.6 is 0 Å². The molecule has 0 unspecified atom stereocenters. The van der Waals surface area contributed by atoms with E-state index >= 15 is 0 Å². The fourth-order valence-electron chi connectivity index (χ4n) is 12.2. The summed E-state index contributed by atoms with van der Waals surface area (Å²) < 4.78 is 9.74. The van der Waals surface area contributed by atoms with Crippen LogP contribution in [-0.2, 0) is 10.8 Å². The highest BCUT2D eigenvalue weighted by Crippen LogP contribution is 2.52. The number of aromatic nitrogens is 1. The number of fused-ring (bicyclic) bond motifs is 20. The third kappa shape index (κ3) is 3.98. The molecule has 290 valence electrons. The fourth-order valence-corrected chi connectivity index (χ4v) is 17.8. The highest BCUT2D eigenvalue weighted by molar-refractivity contribution is 7.24. The zero-order chi connectivity index (χ0) is 40.9. The SMILES string of the molecule is CC(C)(C)c1ccc2c(c1)c1cc(C(C)(C)C)cc3c1n2B1c2cccc4c2N(c2ccccc2[Si]42c4ccccc4-c4ccccc42)c2c1c-3cc1oc3ccccc3c21. The minimum Gasteiger partial charge on any atom is -0.456 e. The molecule has 0 radical (unpaired) electrons. The number of nitrogens with zero attached hydrogens (tertiary/aromatic N) is 2. The summed E-state index contributed by atoms with van der Waals surface area (Å²) in [6.07, 6.45) is 0. The van der Waals surface area contributed by atoms with Crippen molar-refractivity contribution in [3.63, 3.8) is 0 Å². The second-order valence-corrected chi connectivity index (χ2v) is 23.7. The zero-order valence-electron chi connectivity index (χ0n) is 35.3. The van der Waals surface area contributed by atoms with Gasteiger partial charge in [-0.1, -0.05) is 151 Å². The maximum Gasteiger partial charge on any atom is 0.333 e. The van der Waals surface area contributed by atoms with Crippen molar-refractivity contribution in [2.24, 2.45) is 0 Å². The van der Waals surface area contributed by atoms with Gasteiger partial charge in [0.15, 0.2) is 8.07 Å². The molecule has 61 heavy (non-hydrogen) atoms. The Morgan fingerprint density at radius 1 is 0.492 bits per heavy atom. The number of para-hydroxylation sites is 3. The van der Waals surface area contributed by atoms with Crippen LogP contribution in [0.3, 0.4) is 0 Å². The molecular formula is C56H43BN2OSi. The van der Waals surface area contributed by atoms with Crippen molar-refractivity contribution >= 4 is 107 Å². The van der Waals surface area contributed by atoms with E-state index in [4.69, 9.17) is 4.42 Å². The predicted octanol–water partition coefficient (Wildman–Crippen LogP) is 10.4. The van der Waals surface area contributed by atoms with Crippen LogP contribution in [0.4, 0.5) is 17.1 Å². The lowest BCUT2D eigenvalue weighted by Gasteiger charge is -2.49. The average Bonchev–Trinajstić information content (AvgIpc) is 3.90. The maximum atomic E-state index is 6.99. The molecular weight excluding hydrogens is 756 g/mol. The number of hydrogen-bond acceptors (Lipinski definition) is 2. The molecule has 4 aliphatic heterocycles. The van der Waals surface area contributed by atoms with E-state index in [1.54, 1.807) is 0 Å². The molecule has 8 aromatic carbocycles. The van der Waals surface area contributed by atoms with Gasteiger partial charge in [0.2, 0.25) is 0 Å². The van der Waals surface area contributed by atoms with Crippen LogP contribution in [0.15, 0.2) is 156 Å². The molecule has 14 rings (SSSR count). The Labute approximate surface area is 357 Å². The molecule has 6 heterocycles. The number of furan rings is 1. The summed E-state index contributed by atoms with van der Waals surface area (Å²) in [5, 5.41) is 10.9. The monoisotopic (exact) mass is 798 g/mol. The molecule has 2 aromatic heterocycles.